The van der Waals surface area contributed by atoms with Gasteiger partial charge in [0.05, 0.1) is 0 Å². The van der Waals surface area contributed by atoms with E-state index in [1.807, 2.05) is 0 Å². The summed E-state index contributed by atoms with van der Waals surface area (Å²) in [5.41, 5.74) is 2.74. The number of nitrogens with one attached hydrogen (secondary N) is 1. The average molecular weight is 260 g/mol. The minimum Gasteiger partial charge on any atom is -0.378 e. The van der Waals surface area contributed by atoms with Gasteiger partial charge in [-0.15, -0.1) is 0 Å². The number of hydrogen-bond acceptors (Lipinski definition) is 2. The lowest BCUT2D eigenvalue weighted by Gasteiger charge is -2.23. The SMILES string of the molecule is CCNC(CC1CCCC1)c1cccc(N(C)C)c1. The van der Waals surface area contributed by atoms with Crippen molar-refractivity contribution in [2.45, 2.75) is 45.1 Å². The van der Waals surface area contributed by atoms with Crippen molar-refractivity contribution >= 4 is 5.69 Å². The molecule has 0 spiro atoms. The smallest absolute Gasteiger partial charge is 0.0364 e. The van der Waals surface area contributed by atoms with Crippen LogP contribution in [0.1, 0.15) is 50.6 Å². The molecule has 106 valence electrons. The molecule has 1 aromatic carbocycles. The van der Waals surface area contributed by atoms with Gasteiger partial charge >= 0.3 is 0 Å². The van der Waals surface area contributed by atoms with E-state index in [4.69, 9.17) is 0 Å². The lowest BCUT2D eigenvalue weighted by molar-refractivity contribution is 0.401. The van der Waals surface area contributed by atoms with Crippen LogP contribution in [0.15, 0.2) is 24.3 Å². The molecule has 1 aliphatic rings. The van der Waals surface area contributed by atoms with Gasteiger partial charge < -0.3 is 10.2 Å². The fraction of sp³-hybridized carbons (Fsp3) is 0.647. The molecule has 0 amide bonds. The van der Waals surface area contributed by atoms with E-state index in [-0.39, 0.29) is 0 Å². The maximum atomic E-state index is 3.67. The first-order valence-corrected chi connectivity index (χ1v) is 7.71. The molecule has 0 saturated heterocycles. The van der Waals surface area contributed by atoms with Crippen LogP contribution >= 0.6 is 0 Å². The largest absolute Gasteiger partial charge is 0.378 e. The zero-order valence-electron chi connectivity index (χ0n) is 12.7. The fourth-order valence-corrected chi connectivity index (χ4v) is 3.18. The molecule has 0 aromatic heterocycles. The number of nitrogens with zero attached hydrogens (tertiary/aromatic N) is 1. The topological polar surface area (TPSA) is 15.3 Å². The van der Waals surface area contributed by atoms with Crippen molar-refractivity contribution in [2.75, 3.05) is 25.5 Å². The second-order valence-corrected chi connectivity index (χ2v) is 5.99. The highest BCUT2D eigenvalue weighted by Crippen LogP contribution is 2.33. The Balaban J connectivity index is 2.10. The summed E-state index contributed by atoms with van der Waals surface area (Å²) in [5.74, 6) is 0.923. The van der Waals surface area contributed by atoms with Crippen LogP contribution in [-0.4, -0.2) is 20.6 Å². The highest BCUT2D eigenvalue weighted by molar-refractivity contribution is 5.47. The van der Waals surface area contributed by atoms with Crippen LogP contribution in [0.3, 0.4) is 0 Å². The summed E-state index contributed by atoms with van der Waals surface area (Å²) in [7, 11) is 4.22. The van der Waals surface area contributed by atoms with Crippen molar-refractivity contribution in [3.05, 3.63) is 29.8 Å². The van der Waals surface area contributed by atoms with Crippen LogP contribution in [0.5, 0.6) is 0 Å². The van der Waals surface area contributed by atoms with E-state index in [1.165, 1.54) is 43.4 Å². The van der Waals surface area contributed by atoms with E-state index < -0.39 is 0 Å². The molecule has 0 aliphatic heterocycles. The van der Waals surface area contributed by atoms with E-state index in [2.05, 4.69) is 55.5 Å². The maximum absolute atomic E-state index is 3.67. The Labute approximate surface area is 118 Å². The molecule has 1 aromatic rings. The first kappa shape index (κ1) is 14.4. The fourth-order valence-electron chi connectivity index (χ4n) is 3.18. The Kier molecular flexibility index (Phi) is 5.26. The van der Waals surface area contributed by atoms with Gasteiger partial charge in [-0.3, -0.25) is 0 Å². The Hall–Kier alpha value is -1.02. The van der Waals surface area contributed by atoms with Crippen LogP contribution in [-0.2, 0) is 0 Å². The predicted octanol–water partition coefficient (Wildman–Crippen LogP) is 3.98. The van der Waals surface area contributed by atoms with Crippen molar-refractivity contribution in [1.29, 1.82) is 0 Å². The number of anilines is 1. The molecule has 0 bridgehead atoms. The maximum Gasteiger partial charge on any atom is 0.0364 e. The quantitative estimate of drug-likeness (QED) is 0.832. The van der Waals surface area contributed by atoms with E-state index in [0.29, 0.717) is 6.04 Å². The summed E-state index contributed by atoms with van der Waals surface area (Å²) in [6, 6.07) is 9.50. The molecule has 2 nitrogen and oxygen atoms in total. The van der Waals surface area contributed by atoms with Crippen LogP contribution < -0.4 is 10.2 Å². The number of rotatable bonds is 6. The monoisotopic (exact) mass is 260 g/mol. The molecule has 19 heavy (non-hydrogen) atoms. The average Bonchev–Trinajstić information content (AvgIpc) is 2.91. The molecule has 1 N–H and O–H groups in total. The molecule has 1 fully saturated rings. The zero-order chi connectivity index (χ0) is 13.7. The van der Waals surface area contributed by atoms with Gasteiger partial charge in [0, 0.05) is 25.8 Å². The van der Waals surface area contributed by atoms with Gasteiger partial charge in [-0.2, -0.15) is 0 Å². The van der Waals surface area contributed by atoms with Crippen LogP contribution in [0.25, 0.3) is 0 Å². The van der Waals surface area contributed by atoms with Crippen molar-refractivity contribution in [1.82, 2.24) is 5.32 Å². The molecule has 1 saturated carbocycles. The standard InChI is InChI=1S/C17H28N2/c1-4-18-17(12-14-8-5-6-9-14)15-10-7-11-16(13-15)19(2)3/h7,10-11,13-14,17-18H,4-6,8-9,12H2,1-3H3. The normalized spacial score (nSPS) is 17.6. The lowest BCUT2D eigenvalue weighted by Crippen LogP contribution is -2.23. The van der Waals surface area contributed by atoms with Crippen molar-refractivity contribution in [3.63, 3.8) is 0 Å². The van der Waals surface area contributed by atoms with Gasteiger partial charge in [-0.1, -0.05) is 44.7 Å². The van der Waals surface area contributed by atoms with Gasteiger partial charge in [0.25, 0.3) is 0 Å². The van der Waals surface area contributed by atoms with Gasteiger partial charge in [-0.05, 0) is 36.6 Å². The number of benzene rings is 1. The Morgan fingerprint density at radius 3 is 2.63 bits per heavy atom. The predicted molar refractivity (Wildman–Crippen MR) is 83.8 cm³/mol. The molecule has 2 rings (SSSR count). The summed E-state index contributed by atoms with van der Waals surface area (Å²) in [6.45, 7) is 3.25. The van der Waals surface area contributed by atoms with Crippen LogP contribution in [0.2, 0.25) is 0 Å². The van der Waals surface area contributed by atoms with Crippen LogP contribution in [0, 0.1) is 5.92 Å². The summed E-state index contributed by atoms with van der Waals surface area (Å²) in [5, 5.41) is 3.67. The van der Waals surface area contributed by atoms with E-state index in [0.717, 1.165) is 12.5 Å². The van der Waals surface area contributed by atoms with Gasteiger partial charge in [-0.25, -0.2) is 0 Å². The van der Waals surface area contributed by atoms with Crippen molar-refractivity contribution in [3.8, 4) is 0 Å². The second kappa shape index (κ2) is 6.95. The summed E-state index contributed by atoms with van der Waals surface area (Å²) < 4.78 is 0. The third-order valence-corrected chi connectivity index (χ3v) is 4.28. The molecular formula is C17H28N2. The molecule has 1 unspecified atom stereocenters. The molecule has 0 radical (unpaired) electrons. The first-order valence-electron chi connectivity index (χ1n) is 7.71. The zero-order valence-corrected chi connectivity index (χ0v) is 12.7. The van der Waals surface area contributed by atoms with Gasteiger partial charge in [0.15, 0.2) is 0 Å². The molecule has 2 heteroatoms. The van der Waals surface area contributed by atoms with Gasteiger partial charge in [0.2, 0.25) is 0 Å². The Morgan fingerprint density at radius 1 is 1.26 bits per heavy atom. The third kappa shape index (κ3) is 3.97. The lowest BCUT2D eigenvalue weighted by atomic mass is 9.93. The number of hydrogen-bond donors (Lipinski definition) is 1. The minimum absolute atomic E-state index is 0.521. The van der Waals surface area contributed by atoms with Crippen molar-refractivity contribution in [2.24, 2.45) is 5.92 Å². The van der Waals surface area contributed by atoms with E-state index >= 15 is 0 Å². The molecule has 1 aliphatic carbocycles. The highest BCUT2D eigenvalue weighted by atomic mass is 15.1. The van der Waals surface area contributed by atoms with Crippen LogP contribution in [0.4, 0.5) is 5.69 Å². The summed E-state index contributed by atoms with van der Waals surface area (Å²) in [4.78, 5) is 2.18. The highest BCUT2D eigenvalue weighted by Gasteiger charge is 2.21. The molecule has 1 atom stereocenters. The van der Waals surface area contributed by atoms with E-state index in [1.54, 1.807) is 0 Å². The summed E-state index contributed by atoms with van der Waals surface area (Å²) >= 11 is 0. The molecule has 0 heterocycles. The Bertz CT molecular complexity index is 381. The van der Waals surface area contributed by atoms with E-state index in [9.17, 15) is 0 Å². The summed E-state index contributed by atoms with van der Waals surface area (Å²) in [6.07, 6.45) is 7.01. The first-order chi connectivity index (χ1) is 9.20. The van der Waals surface area contributed by atoms with Gasteiger partial charge in [0.1, 0.15) is 0 Å². The second-order valence-electron chi connectivity index (χ2n) is 5.99. The minimum atomic E-state index is 0.521. The Morgan fingerprint density at radius 2 is 2.00 bits per heavy atom. The third-order valence-electron chi connectivity index (χ3n) is 4.28. The van der Waals surface area contributed by atoms with Crippen molar-refractivity contribution < 1.29 is 0 Å². The molecular weight excluding hydrogens is 232 g/mol.